The minimum absolute atomic E-state index is 0.278. The Morgan fingerprint density at radius 1 is 1.03 bits per heavy atom. The van der Waals surface area contributed by atoms with Gasteiger partial charge in [0.1, 0.15) is 5.15 Å². The van der Waals surface area contributed by atoms with Gasteiger partial charge in [-0.05, 0) is 37.3 Å². The number of aryl methyl sites for hydroxylation is 1. The predicted molar refractivity (Wildman–Crippen MR) is 122 cm³/mol. The van der Waals surface area contributed by atoms with Gasteiger partial charge in [-0.15, -0.1) is 0 Å². The summed E-state index contributed by atoms with van der Waals surface area (Å²) >= 11 is 6.72. The fourth-order valence-electron chi connectivity index (χ4n) is 4.03. The summed E-state index contributed by atoms with van der Waals surface area (Å²) in [6, 6.07) is 19.7. The second kappa shape index (κ2) is 6.55. The number of aliphatic imine (C=N–C) groups is 1. The largest absolute Gasteiger partial charge is 0.370 e. The number of anilines is 1. The second-order valence-electron chi connectivity index (χ2n) is 7.38. The Bertz CT molecular complexity index is 1500. The lowest BCUT2D eigenvalue weighted by molar-refractivity contribution is 0.625. The Kier molecular flexibility index (Phi) is 3.78. The van der Waals surface area contributed by atoms with E-state index < -0.39 is 6.17 Å². The van der Waals surface area contributed by atoms with Gasteiger partial charge in [-0.25, -0.2) is 19.6 Å². The number of aromatic nitrogens is 5. The quantitative estimate of drug-likeness (QED) is 0.414. The summed E-state index contributed by atoms with van der Waals surface area (Å²) in [4.78, 5) is 14.0. The van der Waals surface area contributed by atoms with E-state index in [0.29, 0.717) is 16.7 Å². The zero-order valence-electron chi connectivity index (χ0n) is 16.5. The summed E-state index contributed by atoms with van der Waals surface area (Å²) < 4.78 is 3.79. The smallest absolute Gasteiger partial charge is 0.212 e. The van der Waals surface area contributed by atoms with E-state index >= 15 is 0 Å². The monoisotopic (exact) mass is 428 g/mol. The van der Waals surface area contributed by atoms with Crippen LogP contribution in [0.1, 0.15) is 17.4 Å². The Morgan fingerprint density at radius 3 is 2.65 bits per heavy atom. The lowest BCUT2D eigenvalue weighted by atomic mass is 10.1. The number of nitrogens with one attached hydrogen (secondary N) is 1. The van der Waals surface area contributed by atoms with Crippen molar-refractivity contribution in [1.29, 1.82) is 0 Å². The number of nitrogens with two attached hydrogens (primary N) is 1. The minimum atomic E-state index is -0.493. The third-order valence-corrected chi connectivity index (χ3v) is 5.75. The molecule has 9 heteroatoms. The molecule has 0 unspecified atom stereocenters. The fraction of sp³-hybridized carbons (Fsp3) is 0.0909. The number of halogens is 1. The van der Waals surface area contributed by atoms with Crippen molar-refractivity contribution >= 4 is 45.6 Å². The maximum Gasteiger partial charge on any atom is 0.212 e. The number of para-hydroxylation sites is 3. The predicted octanol–water partition coefficient (Wildman–Crippen LogP) is 4.02. The number of rotatable bonds is 2. The van der Waals surface area contributed by atoms with Gasteiger partial charge >= 0.3 is 0 Å². The zero-order valence-corrected chi connectivity index (χ0v) is 17.2. The van der Waals surface area contributed by atoms with Gasteiger partial charge in [0.2, 0.25) is 5.95 Å². The fourth-order valence-corrected chi connectivity index (χ4v) is 4.26. The van der Waals surface area contributed by atoms with E-state index in [2.05, 4.69) is 15.3 Å². The molecule has 6 rings (SSSR count). The van der Waals surface area contributed by atoms with E-state index in [0.717, 1.165) is 33.4 Å². The Labute approximate surface area is 182 Å². The van der Waals surface area contributed by atoms with Crippen LogP contribution < -0.4 is 11.1 Å². The van der Waals surface area contributed by atoms with Crippen molar-refractivity contribution in [1.82, 2.24) is 24.3 Å². The van der Waals surface area contributed by atoms with E-state index in [-0.39, 0.29) is 5.96 Å². The molecule has 0 saturated heterocycles. The lowest BCUT2D eigenvalue weighted by Crippen LogP contribution is -2.31. The molecule has 1 aliphatic heterocycles. The van der Waals surface area contributed by atoms with E-state index in [4.69, 9.17) is 27.4 Å². The number of pyridine rings is 1. The first-order chi connectivity index (χ1) is 15.1. The highest BCUT2D eigenvalue weighted by Crippen LogP contribution is 2.36. The minimum Gasteiger partial charge on any atom is -0.370 e. The van der Waals surface area contributed by atoms with Gasteiger partial charge in [-0.1, -0.05) is 41.9 Å². The summed E-state index contributed by atoms with van der Waals surface area (Å²) in [6.07, 6.45) is -0.493. The first-order valence-electron chi connectivity index (χ1n) is 9.78. The molecule has 0 radical (unpaired) electrons. The van der Waals surface area contributed by atoms with Crippen molar-refractivity contribution in [3.8, 4) is 5.69 Å². The maximum absolute atomic E-state index is 6.72. The van der Waals surface area contributed by atoms with Crippen molar-refractivity contribution < 1.29 is 0 Å². The first-order valence-corrected chi connectivity index (χ1v) is 10.2. The number of nitrogens with zero attached hydrogens (tertiary/aromatic N) is 6. The van der Waals surface area contributed by atoms with Gasteiger partial charge in [0.15, 0.2) is 17.8 Å². The Hall–Kier alpha value is -3.91. The van der Waals surface area contributed by atoms with Crippen molar-refractivity contribution in [3.05, 3.63) is 77.1 Å². The van der Waals surface area contributed by atoms with Crippen molar-refractivity contribution in [2.45, 2.75) is 13.1 Å². The van der Waals surface area contributed by atoms with Crippen LogP contribution in [-0.4, -0.2) is 30.3 Å². The summed E-state index contributed by atoms with van der Waals surface area (Å²) in [6.45, 7) is 1.96. The molecule has 2 aromatic carbocycles. The van der Waals surface area contributed by atoms with Gasteiger partial charge in [0.05, 0.1) is 22.4 Å². The van der Waals surface area contributed by atoms with Gasteiger partial charge in [0.25, 0.3) is 0 Å². The van der Waals surface area contributed by atoms with Crippen LogP contribution in [0.15, 0.2) is 65.7 Å². The van der Waals surface area contributed by atoms with Crippen LogP contribution in [0.5, 0.6) is 0 Å². The van der Waals surface area contributed by atoms with Crippen LogP contribution in [-0.2, 0) is 0 Å². The molecule has 3 aromatic heterocycles. The highest BCUT2D eigenvalue weighted by molar-refractivity contribution is 6.30. The number of hydrogen-bond donors (Lipinski definition) is 2. The zero-order chi connectivity index (χ0) is 21.1. The van der Waals surface area contributed by atoms with Gasteiger partial charge in [-0.3, -0.25) is 9.88 Å². The first kappa shape index (κ1) is 17.9. The number of fused-ring (bicyclic) bond motifs is 4. The molecule has 1 atom stereocenters. The van der Waals surface area contributed by atoms with Gasteiger partial charge in [-0.2, -0.15) is 5.10 Å². The Balaban J connectivity index is 1.58. The van der Waals surface area contributed by atoms with Crippen LogP contribution in [0.4, 0.5) is 5.95 Å². The Morgan fingerprint density at radius 2 is 1.81 bits per heavy atom. The van der Waals surface area contributed by atoms with Crippen LogP contribution >= 0.6 is 11.6 Å². The molecule has 0 saturated carbocycles. The SMILES string of the molecule is Cc1nn(-c2ccccc2)c2nc(Cl)c([C@@H]3N=C(N)Nc4nc5ccccc5n43)cc12. The average molecular weight is 429 g/mol. The molecule has 0 aliphatic carbocycles. The molecule has 1 aliphatic rings. The summed E-state index contributed by atoms with van der Waals surface area (Å²) in [5.41, 5.74) is 11.1. The molecular formula is C22H17ClN8. The average Bonchev–Trinajstić information content (AvgIpc) is 3.30. The number of benzene rings is 2. The summed E-state index contributed by atoms with van der Waals surface area (Å²) in [5.74, 6) is 0.896. The van der Waals surface area contributed by atoms with E-state index in [1.165, 1.54) is 0 Å². The standard InChI is InChI=1S/C22H17ClN8/c1-12-14-11-15(18(23)26-20(14)31(29-12)13-7-3-2-4-8-13)19-27-21(24)28-22-25-16-9-5-6-10-17(16)30(19)22/h2-11,19H,1H3,(H3,24,25,27,28)/t19-/m1/s1. The summed E-state index contributed by atoms with van der Waals surface area (Å²) in [5, 5.41) is 8.98. The molecular weight excluding hydrogens is 412 g/mol. The molecule has 0 amide bonds. The molecule has 152 valence electrons. The highest BCUT2D eigenvalue weighted by Gasteiger charge is 2.28. The second-order valence-corrected chi connectivity index (χ2v) is 7.74. The van der Waals surface area contributed by atoms with Gasteiger partial charge in [0, 0.05) is 10.9 Å². The van der Waals surface area contributed by atoms with E-state index in [9.17, 15) is 0 Å². The molecule has 31 heavy (non-hydrogen) atoms. The molecule has 0 spiro atoms. The third kappa shape index (κ3) is 2.69. The number of imidazole rings is 1. The van der Waals surface area contributed by atoms with Gasteiger partial charge < -0.3 is 5.73 Å². The molecule has 5 aromatic rings. The number of guanidine groups is 1. The molecule has 0 fully saturated rings. The normalized spacial score (nSPS) is 15.7. The van der Waals surface area contributed by atoms with E-state index in [1.807, 2.05) is 72.2 Å². The van der Waals surface area contributed by atoms with Crippen molar-refractivity contribution in [3.63, 3.8) is 0 Å². The molecule has 0 bridgehead atoms. The molecule has 3 N–H and O–H groups in total. The maximum atomic E-state index is 6.72. The molecule has 4 heterocycles. The van der Waals surface area contributed by atoms with Crippen molar-refractivity contribution in [2.75, 3.05) is 5.32 Å². The van der Waals surface area contributed by atoms with Crippen LogP contribution in [0.3, 0.4) is 0 Å². The topological polar surface area (TPSA) is 98.9 Å². The van der Waals surface area contributed by atoms with E-state index in [1.54, 1.807) is 4.68 Å². The third-order valence-electron chi connectivity index (χ3n) is 5.44. The van der Waals surface area contributed by atoms with Crippen LogP contribution in [0.2, 0.25) is 5.15 Å². The van der Waals surface area contributed by atoms with Crippen LogP contribution in [0, 0.1) is 6.92 Å². The number of hydrogen-bond acceptors (Lipinski definition) is 6. The van der Waals surface area contributed by atoms with Crippen LogP contribution in [0.25, 0.3) is 27.8 Å². The highest BCUT2D eigenvalue weighted by atomic mass is 35.5. The summed E-state index contributed by atoms with van der Waals surface area (Å²) in [7, 11) is 0. The molecule has 8 nitrogen and oxygen atoms in total. The lowest BCUT2D eigenvalue weighted by Gasteiger charge is -2.24. The van der Waals surface area contributed by atoms with Crippen molar-refractivity contribution in [2.24, 2.45) is 10.7 Å².